The summed E-state index contributed by atoms with van der Waals surface area (Å²) in [5, 5.41) is 6.66. The van der Waals surface area contributed by atoms with Crippen LogP contribution in [0.5, 0.6) is 0 Å². The van der Waals surface area contributed by atoms with Gasteiger partial charge in [0.25, 0.3) is 5.91 Å². The van der Waals surface area contributed by atoms with Crippen molar-refractivity contribution < 1.29 is 18.8 Å². The van der Waals surface area contributed by atoms with Gasteiger partial charge in [0.05, 0.1) is 17.9 Å². The Kier molecular flexibility index (Phi) is 6.12. The van der Waals surface area contributed by atoms with Gasteiger partial charge in [-0.15, -0.1) is 0 Å². The molecule has 6 heteroatoms. The fraction of sp³-hybridized carbons (Fsp3) is 0.389. The fourth-order valence-corrected chi connectivity index (χ4v) is 2.23. The van der Waals surface area contributed by atoms with Crippen molar-refractivity contribution in [3.8, 4) is 0 Å². The molecule has 0 radical (unpaired) electrons. The van der Waals surface area contributed by atoms with Gasteiger partial charge < -0.3 is 14.6 Å². The number of esters is 1. The Bertz CT molecular complexity index is 704. The van der Waals surface area contributed by atoms with Crippen molar-refractivity contribution in [3.05, 3.63) is 46.8 Å². The molecule has 1 N–H and O–H groups in total. The molecule has 0 atom stereocenters. The van der Waals surface area contributed by atoms with E-state index in [2.05, 4.69) is 10.5 Å². The van der Waals surface area contributed by atoms with E-state index in [1.807, 2.05) is 13.8 Å². The van der Waals surface area contributed by atoms with E-state index in [-0.39, 0.29) is 11.9 Å². The highest BCUT2D eigenvalue weighted by atomic mass is 16.5. The van der Waals surface area contributed by atoms with Crippen LogP contribution in [0, 0.1) is 6.92 Å². The SMILES string of the molecule is CCCCOC(=O)c1ccc(NC(=O)c2c(CC)noc2C)cc1. The highest BCUT2D eigenvalue weighted by Gasteiger charge is 2.19. The summed E-state index contributed by atoms with van der Waals surface area (Å²) in [4.78, 5) is 24.2. The van der Waals surface area contributed by atoms with Crippen molar-refractivity contribution in [1.29, 1.82) is 0 Å². The summed E-state index contributed by atoms with van der Waals surface area (Å²) in [6, 6.07) is 6.60. The van der Waals surface area contributed by atoms with Gasteiger partial charge in [-0.05, 0) is 44.0 Å². The van der Waals surface area contributed by atoms with E-state index < -0.39 is 0 Å². The summed E-state index contributed by atoms with van der Waals surface area (Å²) in [5.74, 6) is -0.145. The molecule has 0 aliphatic rings. The molecule has 0 aliphatic heterocycles. The van der Waals surface area contributed by atoms with Crippen LogP contribution in [0.1, 0.15) is 58.9 Å². The van der Waals surface area contributed by atoms with Crippen LogP contribution in [0.3, 0.4) is 0 Å². The van der Waals surface area contributed by atoms with Crippen molar-refractivity contribution in [3.63, 3.8) is 0 Å². The number of carbonyl (C=O) groups is 2. The van der Waals surface area contributed by atoms with Crippen LogP contribution >= 0.6 is 0 Å². The minimum Gasteiger partial charge on any atom is -0.462 e. The smallest absolute Gasteiger partial charge is 0.338 e. The molecular formula is C18H22N2O4. The quantitative estimate of drug-likeness (QED) is 0.617. The number of aromatic nitrogens is 1. The zero-order valence-electron chi connectivity index (χ0n) is 14.2. The summed E-state index contributed by atoms with van der Waals surface area (Å²) in [5.41, 5.74) is 2.13. The van der Waals surface area contributed by atoms with Crippen molar-refractivity contribution in [2.45, 2.75) is 40.0 Å². The zero-order valence-corrected chi connectivity index (χ0v) is 14.2. The number of ether oxygens (including phenoxy) is 1. The molecule has 1 aromatic heterocycles. The highest BCUT2D eigenvalue weighted by molar-refractivity contribution is 6.05. The maximum absolute atomic E-state index is 12.4. The van der Waals surface area contributed by atoms with E-state index in [0.29, 0.717) is 41.3 Å². The Morgan fingerprint density at radius 3 is 2.54 bits per heavy atom. The van der Waals surface area contributed by atoms with E-state index >= 15 is 0 Å². The Morgan fingerprint density at radius 1 is 1.21 bits per heavy atom. The van der Waals surface area contributed by atoms with Gasteiger partial charge in [-0.2, -0.15) is 0 Å². The van der Waals surface area contributed by atoms with Crippen LogP contribution in [0.15, 0.2) is 28.8 Å². The van der Waals surface area contributed by atoms with Crippen LogP contribution in [0.2, 0.25) is 0 Å². The molecule has 0 spiro atoms. The Hall–Kier alpha value is -2.63. The lowest BCUT2D eigenvalue weighted by Crippen LogP contribution is -2.14. The van der Waals surface area contributed by atoms with Crippen LogP contribution in [0.4, 0.5) is 5.69 Å². The van der Waals surface area contributed by atoms with Gasteiger partial charge in [-0.25, -0.2) is 4.79 Å². The molecule has 24 heavy (non-hydrogen) atoms. The number of unbranched alkanes of at least 4 members (excludes halogenated alkanes) is 1. The number of hydrogen-bond acceptors (Lipinski definition) is 5. The van der Waals surface area contributed by atoms with Gasteiger partial charge in [0.1, 0.15) is 11.3 Å². The molecule has 0 unspecified atom stereocenters. The van der Waals surface area contributed by atoms with Crippen molar-refractivity contribution in [2.75, 3.05) is 11.9 Å². The Morgan fingerprint density at radius 2 is 1.92 bits per heavy atom. The summed E-state index contributed by atoms with van der Waals surface area (Å²) in [7, 11) is 0. The van der Waals surface area contributed by atoms with Gasteiger partial charge in [-0.1, -0.05) is 25.4 Å². The molecule has 0 aliphatic carbocycles. The third kappa shape index (κ3) is 4.22. The summed E-state index contributed by atoms with van der Waals surface area (Å²) >= 11 is 0. The van der Waals surface area contributed by atoms with Gasteiger partial charge in [0.2, 0.25) is 0 Å². The average molecular weight is 330 g/mol. The van der Waals surface area contributed by atoms with Crippen LogP contribution in [0.25, 0.3) is 0 Å². The molecule has 128 valence electrons. The number of nitrogens with one attached hydrogen (secondary N) is 1. The zero-order chi connectivity index (χ0) is 17.5. The maximum Gasteiger partial charge on any atom is 0.338 e. The molecule has 0 saturated carbocycles. The monoisotopic (exact) mass is 330 g/mol. The number of aryl methyl sites for hydroxylation is 2. The lowest BCUT2D eigenvalue weighted by Gasteiger charge is -2.07. The molecule has 0 fully saturated rings. The Labute approximate surface area is 141 Å². The largest absolute Gasteiger partial charge is 0.462 e. The maximum atomic E-state index is 12.4. The van der Waals surface area contributed by atoms with E-state index in [4.69, 9.17) is 9.26 Å². The lowest BCUT2D eigenvalue weighted by molar-refractivity contribution is 0.0499. The molecule has 1 amide bonds. The number of hydrogen-bond donors (Lipinski definition) is 1. The number of benzene rings is 1. The molecule has 0 bridgehead atoms. The number of anilines is 1. The standard InChI is InChI=1S/C18H22N2O4/c1-4-6-11-23-18(22)13-7-9-14(10-8-13)19-17(21)16-12(3)24-20-15(16)5-2/h7-10H,4-6,11H2,1-3H3,(H,19,21). The third-order valence-corrected chi connectivity index (χ3v) is 3.60. The molecule has 2 aromatic rings. The second-order valence-electron chi connectivity index (χ2n) is 5.43. The lowest BCUT2D eigenvalue weighted by atomic mass is 10.1. The summed E-state index contributed by atoms with van der Waals surface area (Å²) in [6.45, 7) is 6.07. The average Bonchev–Trinajstić information content (AvgIpc) is 2.96. The molecule has 0 saturated heterocycles. The number of amides is 1. The van der Waals surface area contributed by atoms with Crippen LogP contribution in [-0.2, 0) is 11.2 Å². The highest BCUT2D eigenvalue weighted by Crippen LogP contribution is 2.17. The molecule has 1 aromatic carbocycles. The first-order valence-corrected chi connectivity index (χ1v) is 8.10. The van der Waals surface area contributed by atoms with Crippen molar-refractivity contribution >= 4 is 17.6 Å². The molecular weight excluding hydrogens is 308 g/mol. The summed E-state index contributed by atoms with van der Waals surface area (Å²) in [6.07, 6.45) is 2.43. The second kappa shape index (κ2) is 8.29. The second-order valence-corrected chi connectivity index (χ2v) is 5.43. The van der Waals surface area contributed by atoms with Gasteiger partial charge in [-0.3, -0.25) is 4.79 Å². The summed E-state index contributed by atoms with van der Waals surface area (Å²) < 4.78 is 10.2. The van der Waals surface area contributed by atoms with Crippen LogP contribution in [-0.4, -0.2) is 23.6 Å². The van der Waals surface area contributed by atoms with E-state index in [1.165, 1.54) is 0 Å². The molecule has 2 rings (SSSR count). The molecule has 6 nitrogen and oxygen atoms in total. The normalized spacial score (nSPS) is 10.5. The number of rotatable bonds is 7. The first-order valence-electron chi connectivity index (χ1n) is 8.10. The van der Waals surface area contributed by atoms with E-state index in [1.54, 1.807) is 31.2 Å². The minimum atomic E-state index is -0.357. The first kappa shape index (κ1) is 17.7. The predicted octanol–water partition coefficient (Wildman–Crippen LogP) is 3.75. The molecule has 1 heterocycles. The Balaban J connectivity index is 2.02. The van der Waals surface area contributed by atoms with Crippen molar-refractivity contribution in [1.82, 2.24) is 5.16 Å². The topological polar surface area (TPSA) is 81.4 Å². The fourth-order valence-electron chi connectivity index (χ4n) is 2.23. The third-order valence-electron chi connectivity index (χ3n) is 3.60. The van der Waals surface area contributed by atoms with Gasteiger partial charge >= 0.3 is 5.97 Å². The van der Waals surface area contributed by atoms with Crippen molar-refractivity contribution in [2.24, 2.45) is 0 Å². The number of carbonyl (C=O) groups excluding carboxylic acids is 2. The van der Waals surface area contributed by atoms with E-state index in [9.17, 15) is 9.59 Å². The number of nitrogens with zero attached hydrogens (tertiary/aromatic N) is 1. The minimum absolute atomic E-state index is 0.274. The van der Waals surface area contributed by atoms with E-state index in [0.717, 1.165) is 12.8 Å². The van der Waals surface area contributed by atoms with Crippen LogP contribution < -0.4 is 5.32 Å². The van der Waals surface area contributed by atoms with Gasteiger partial charge in [0, 0.05) is 5.69 Å². The predicted molar refractivity (Wildman–Crippen MR) is 90.2 cm³/mol. The van der Waals surface area contributed by atoms with Gasteiger partial charge in [0.15, 0.2) is 0 Å². The first-order chi connectivity index (χ1) is 11.6.